The number of nitrogens with one attached hydrogen (secondary N) is 1. The fourth-order valence-corrected chi connectivity index (χ4v) is 3.88. The molecule has 162 valence electrons. The summed E-state index contributed by atoms with van der Waals surface area (Å²) in [6.07, 6.45) is 1.73. The van der Waals surface area contributed by atoms with Crippen molar-refractivity contribution in [1.29, 1.82) is 0 Å². The molecule has 4 rings (SSSR count). The zero-order valence-electron chi connectivity index (χ0n) is 17.6. The summed E-state index contributed by atoms with van der Waals surface area (Å²) < 4.78 is 1.63. The number of amides is 1. The maximum atomic E-state index is 13.2. The number of nitrogens with zero attached hydrogens (tertiary/aromatic N) is 2. The molecule has 0 saturated heterocycles. The molecular formula is C26H23Cl2N3O. The van der Waals surface area contributed by atoms with E-state index >= 15 is 0 Å². The summed E-state index contributed by atoms with van der Waals surface area (Å²) in [5, 5.41) is 9.00. The molecule has 0 aliphatic heterocycles. The van der Waals surface area contributed by atoms with Gasteiger partial charge < -0.3 is 5.32 Å². The molecule has 1 N–H and O–H groups in total. The van der Waals surface area contributed by atoms with Crippen LogP contribution >= 0.6 is 23.2 Å². The minimum absolute atomic E-state index is 0.0000344. The lowest BCUT2D eigenvalue weighted by Crippen LogP contribution is -2.34. The Bertz CT molecular complexity index is 1200. The number of hydrogen-bond donors (Lipinski definition) is 1. The molecule has 0 aliphatic rings. The molecule has 1 amide bonds. The number of carbonyl (C=O) groups excluding carboxylic acids is 1. The van der Waals surface area contributed by atoms with Crippen LogP contribution in [0.3, 0.4) is 0 Å². The zero-order valence-corrected chi connectivity index (χ0v) is 19.1. The molecule has 1 aromatic heterocycles. The van der Waals surface area contributed by atoms with Crippen molar-refractivity contribution in [3.63, 3.8) is 0 Å². The molecule has 3 aromatic carbocycles. The fourth-order valence-electron chi connectivity index (χ4n) is 3.52. The van der Waals surface area contributed by atoms with Crippen LogP contribution in [0, 0.1) is 0 Å². The van der Waals surface area contributed by atoms with E-state index in [1.807, 2.05) is 61.5 Å². The molecule has 0 fully saturated rings. The SMILES string of the molecule is CC(CCc1ccccc1)NC(=O)c1cc(-c2ccccc2Cl)nn1-c1ccc(Cl)cc1. The van der Waals surface area contributed by atoms with Gasteiger partial charge >= 0.3 is 0 Å². The third-order valence-corrected chi connectivity index (χ3v) is 5.83. The maximum Gasteiger partial charge on any atom is 0.270 e. The smallest absolute Gasteiger partial charge is 0.270 e. The van der Waals surface area contributed by atoms with E-state index in [-0.39, 0.29) is 11.9 Å². The molecule has 0 spiro atoms. The predicted octanol–water partition coefficient (Wildman–Crippen LogP) is 6.60. The average Bonchev–Trinajstić information content (AvgIpc) is 3.24. The van der Waals surface area contributed by atoms with E-state index in [1.165, 1.54) is 5.56 Å². The second kappa shape index (κ2) is 10.0. The fraction of sp³-hybridized carbons (Fsp3) is 0.154. The van der Waals surface area contributed by atoms with Gasteiger partial charge in [-0.05, 0) is 61.7 Å². The number of benzene rings is 3. The Kier molecular flexibility index (Phi) is 6.93. The summed E-state index contributed by atoms with van der Waals surface area (Å²) in [7, 11) is 0. The molecule has 6 heteroatoms. The highest BCUT2D eigenvalue weighted by atomic mass is 35.5. The number of aromatic nitrogens is 2. The molecule has 1 atom stereocenters. The largest absolute Gasteiger partial charge is 0.348 e. The minimum Gasteiger partial charge on any atom is -0.348 e. The Morgan fingerprint density at radius 3 is 2.38 bits per heavy atom. The third-order valence-electron chi connectivity index (χ3n) is 5.25. The lowest BCUT2D eigenvalue weighted by molar-refractivity contribution is 0.0930. The molecule has 32 heavy (non-hydrogen) atoms. The van der Waals surface area contributed by atoms with Crippen molar-refractivity contribution in [3.05, 3.63) is 106 Å². The van der Waals surface area contributed by atoms with Crippen molar-refractivity contribution in [1.82, 2.24) is 15.1 Å². The first kappa shape index (κ1) is 22.1. The second-order valence-corrected chi connectivity index (χ2v) is 8.53. The molecule has 0 aliphatic carbocycles. The molecular weight excluding hydrogens is 441 g/mol. The number of rotatable bonds is 7. The van der Waals surface area contributed by atoms with Gasteiger partial charge in [0.2, 0.25) is 0 Å². The normalized spacial score (nSPS) is 11.8. The number of halogens is 2. The van der Waals surface area contributed by atoms with Crippen LogP contribution in [0.5, 0.6) is 0 Å². The minimum atomic E-state index is -0.189. The van der Waals surface area contributed by atoms with E-state index in [0.717, 1.165) is 24.1 Å². The van der Waals surface area contributed by atoms with Crippen molar-refractivity contribution >= 4 is 29.1 Å². The van der Waals surface area contributed by atoms with Gasteiger partial charge in [0.05, 0.1) is 16.4 Å². The molecule has 1 heterocycles. The highest BCUT2D eigenvalue weighted by Crippen LogP contribution is 2.28. The van der Waals surface area contributed by atoms with Crippen LogP contribution in [0.2, 0.25) is 10.0 Å². The lowest BCUT2D eigenvalue weighted by atomic mass is 10.1. The summed E-state index contributed by atoms with van der Waals surface area (Å²) >= 11 is 12.4. The van der Waals surface area contributed by atoms with Gasteiger partial charge in [-0.2, -0.15) is 5.10 Å². The van der Waals surface area contributed by atoms with Crippen LogP contribution in [0.25, 0.3) is 16.9 Å². The Balaban J connectivity index is 1.60. The maximum absolute atomic E-state index is 13.2. The van der Waals surface area contributed by atoms with E-state index < -0.39 is 0 Å². The molecule has 0 saturated carbocycles. The topological polar surface area (TPSA) is 46.9 Å². The van der Waals surface area contributed by atoms with E-state index in [1.54, 1.807) is 22.9 Å². The van der Waals surface area contributed by atoms with E-state index in [0.29, 0.717) is 21.4 Å². The van der Waals surface area contributed by atoms with Gasteiger partial charge in [-0.25, -0.2) is 4.68 Å². The number of carbonyl (C=O) groups is 1. The van der Waals surface area contributed by atoms with Gasteiger partial charge in [0.25, 0.3) is 5.91 Å². The van der Waals surface area contributed by atoms with Gasteiger partial charge in [0.15, 0.2) is 0 Å². The number of aryl methyl sites for hydroxylation is 1. The Morgan fingerprint density at radius 2 is 1.66 bits per heavy atom. The van der Waals surface area contributed by atoms with Crippen molar-refractivity contribution in [3.8, 4) is 16.9 Å². The molecule has 1 unspecified atom stereocenters. The average molecular weight is 464 g/mol. The van der Waals surface area contributed by atoms with Crippen molar-refractivity contribution in [2.24, 2.45) is 0 Å². The first-order valence-corrected chi connectivity index (χ1v) is 11.2. The quantitative estimate of drug-likeness (QED) is 0.335. The number of hydrogen-bond acceptors (Lipinski definition) is 2. The summed E-state index contributed by atoms with van der Waals surface area (Å²) in [5.74, 6) is -0.189. The van der Waals surface area contributed by atoms with Crippen LogP contribution in [0.15, 0.2) is 84.9 Å². The van der Waals surface area contributed by atoms with Crippen molar-refractivity contribution in [2.75, 3.05) is 0 Å². The lowest BCUT2D eigenvalue weighted by Gasteiger charge is -2.14. The molecule has 4 nitrogen and oxygen atoms in total. The standard InChI is InChI=1S/C26H23Cl2N3O/c1-18(11-12-19-7-3-2-4-8-19)29-26(32)25-17-24(22-9-5-6-10-23(22)28)30-31(25)21-15-13-20(27)14-16-21/h2-10,13-18H,11-12H2,1H3,(H,29,32). The summed E-state index contributed by atoms with van der Waals surface area (Å²) in [6, 6.07) is 26.7. The van der Waals surface area contributed by atoms with Gasteiger partial charge in [0, 0.05) is 16.6 Å². The zero-order chi connectivity index (χ0) is 22.5. The summed E-state index contributed by atoms with van der Waals surface area (Å²) in [5.41, 5.74) is 3.84. The van der Waals surface area contributed by atoms with Gasteiger partial charge in [-0.15, -0.1) is 0 Å². The molecule has 0 radical (unpaired) electrons. The van der Waals surface area contributed by atoms with E-state index in [4.69, 9.17) is 28.3 Å². The predicted molar refractivity (Wildman–Crippen MR) is 131 cm³/mol. The van der Waals surface area contributed by atoms with Crippen molar-refractivity contribution in [2.45, 2.75) is 25.8 Å². The van der Waals surface area contributed by atoms with Crippen LogP contribution in [0.4, 0.5) is 0 Å². The monoisotopic (exact) mass is 463 g/mol. The van der Waals surface area contributed by atoms with E-state index in [2.05, 4.69) is 17.4 Å². The van der Waals surface area contributed by atoms with E-state index in [9.17, 15) is 4.79 Å². The molecule has 4 aromatic rings. The summed E-state index contributed by atoms with van der Waals surface area (Å²) in [6.45, 7) is 2.01. The highest BCUT2D eigenvalue weighted by molar-refractivity contribution is 6.33. The Labute approximate surface area is 197 Å². The van der Waals surface area contributed by atoms with Gasteiger partial charge in [-0.1, -0.05) is 71.7 Å². The van der Waals surface area contributed by atoms with Crippen LogP contribution in [0.1, 0.15) is 29.4 Å². The molecule has 0 bridgehead atoms. The van der Waals surface area contributed by atoms with Crippen LogP contribution in [-0.4, -0.2) is 21.7 Å². The first-order chi connectivity index (χ1) is 15.5. The van der Waals surface area contributed by atoms with Crippen LogP contribution in [-0.2, 0) is 6.42 Å². The Morgan fingerprint density at radius 1 is 0.969 bits per heavy atom. The van der Waals surface area contributed by atoms with Crippen molar-refractivity contribution < 1.29 is 4.79 Å². The Hall–Kier alpha value is -3.08. The first-order valence-electron chi connectivity index (χ1n) is 10.5. The highest BCUT2D eigenvalue weighted by Gasteiger charge is 2.20. The third kappa shape index (κ3) is 5.21. The summed E-state index contributed by atoms with van der Waals surface area (Å²) in [4.78, 5) is 13.2. The van der Waals surface area contributed by atoms with Crippen LogP contribution < -0.4 is 5.32 Å². The van der Waals surface area contributed by atoms with Gasteiger partial charge in [-0.3, -0.25) is 4.79 Å². The second-order valence-electron chi connectivity index (χ2n) is 7.68. The van der Waals surface area contributed by atoms with Gasteiger partial charge in [0.1, 0.15) is 5.69 Å².